The van der Waals surface area contributed by atoms with Crippen LogP contribution in [0.3, 0.4) is 0 Å². The molecule has 1 fully saturated rings. The normalized spacial score (nSPS) is 21.6. The molecule has 0 aromatic heterocycles. The monoisotopic (exact) mass is 199 g/mol. The fraction of sp³-hybridized carbons (Fsp3) is 0.909. The third kappa shape index (κ3) is 4.09. The average molecular weight is 199 g/mol. The minimum Gasteiger partial charge on any atom is -0.393 e. The van der Waals surface area contributed by atoms with Crippen LogP contribution in [-0.4, -0.2) is 35.1 Å². The van der Waals surface area contributed by atoms with Crippen LogP contribution in [0.5, 0.6) is 0 Å². The first-order valence-corrected chi connectivity index (χ1v) is 5.66. The molecule has 0 radical (unpaired) electrons. The van der Waals surface area contributed by atoms with Crippen molar-refractivity contribution in [1.29, 1.82) is 0 Å². The fourth-order valence-corrected chi connectivity index (χ4v) is 1.79. The quantitative estimate of drug-likeness (QED) is 0.749. The molecule has 1 aliphatic rings. The van der Waals surface area contributed by atoms with Gasteiger partial charge in [0.15, 0.2) is 0 Å². The molecule has 1 amide bonds. The van der Waals surface area contributed by atoms with Crippen LogP contribution in [0.15, 0.2) is 0 Å². The lowest BCUT2D eigenvalue weighted by Gasteiger charge is -2.25. The van der Waals surface area contributed by atoms with Crippen LogP contribution >= 0.6 is 0 Å². The van der Waals surface area contributed by atoms with Crippen LogP contribution in [0, 0.1) is 0 Å². The number of nitrogens with zero attached hydrogens (tertiary/aromatic N) is 1. The Balaban J connectivity index is 2.33. The predicted octanol–water partition coefficient (Wildman–Crippen LogP) is 1.55. The molecule has 3 nitrogen and oxygen atoms in total. The lowest BCUT2D eigenvalue weighted by Crippen LogP contribution is -2.34. The first-order chi connectivity index (χ1) is 6.70. The van der Waals surface area contributed by atoms with E-state index >= 15 is 0 Å². The second-order valence-electron chi connectivity index (χ2n) is 4.18. The van der Waals surface area contributed by atoms with E-state index < -0.39 is 0 Å². The number of aliphatic hydroxyl groups excluding tert-OH is 1. The SMILES string of the molecule is CC(O)CCN1CCCCCCC1=O. The number of likely N-dealkylation sites (tertiary alicyclic amines) is 1. The molecule has 82 valence electrons. The lowest BCUT2D eigenvalue weighted by atomic mass is 10.1. The maximum atomic E-state index is 11.6. The van der Waals surface area contributed by atoms with E-state index in [1.54, 1.807) is 6.92 Å². The van der Waals surface area contributed by atoms with Crippen LogP contribution < -0.4 is 0 Å². The van der Waals surface area contributed by atoms with E-state index in [1.165, 1.54) is 12.8 Å². The number of hydrogen-bond donors (Lipinski definition) is 1. The van der Waals surface area contributed by atoms with Gasteiger partial charge in [-0.1, -0.05) is 12.8 Å². The summed E-state index contributed by atoms with van der Waals surface area (Å²) in [4.78, 5) is 13.5. The Bertz CT molecular complexity index is 180. The Hall–Kier alpha value is -0.570. The predicted molar refractivity (Wildman–Crippen MR) is 56.0 cm³/mol. The molecule has 14 heavy (non-hydrogen) atoms. The third-order valence-electron chi connectivity index (χ3n) is 2.74. The largest absolute Gasteiger partial charge is 0.393 e. The number of rotatable bonds is 3. The van der Waals surface area contributed by atoms with E-state index in [2.05, 4.69) is 0 Å². The van der Waals surface area contributed by atoms with Crippen molar-refractivity contribution in [2.45, 2.75) is 51.6 Å². The summed E-state index contributed by atoms with van der Waals surface area (Å²) < 4.78 is 0. The number of carbonyl (C=O) groups is 1. The first-order valence-electron chi connectivity index (χ1n) is 5.66. The molecule has 1 heterocycles. The summed E-state index contributed by atoms with van der Waals surface area (Å²) in [7, 11) is 0. The Kier molecular flexibility index (Phi) is 4.94. The van der Waals surface area contributed by atoms with Gasteiger partial charge in [0.05, 0.1) is 6.10 Å². The van der Waals surface area contributed by atoms with Gasteiger partial charge in [-0.15, -0.1) is 0 Å². The van der Waals surface area contributed by atoms with E-state index in [1.807, 2.05) is 4.90 Å². The molecule has 1 unspecified atom stereocenters. The van der Waals surface area contributed by atoms with Crippen LogP contribution in [0.25, 0.3) is 0 Å². The van der Waals surface area contributed by atoms with Gasteiger partial charge in [-0.2, -0.15) is 0 Å². The third-order valence-corrected chi connectivity index (χ3v) is 2.74. The molecule has 1 N–H and O–H groups in total. The van der Waals surface area contributed by atoms with Crippen molar-refractivity contribution in [2.24, 2.45) is 0 Å². The summed E-state index contributed by atoms with van der Waals surface area (Å²) in [6.45, 7) is 3.37. The average Bonchev–Trinajstić information content (AvgIpc) is 2.10. The van der Waals surface area contributed by atoms with Crippen LogP contribution in [0.1, 0.15) is 45.4 Å². The van der Waals surface area contributed by atoms with Crippen molar-refractivity contribution in [3.05, 3.63) is 0 Å². The summed E-state index contributed by atoms with van der Waals surface area (Å²) in [6.07, 6.45) is 5.67. The molecule has 0 aromatic carbocycles. The minimum atomic E-state index is -0.298. The Morgan fingerprint density at radius 1 is 1.36 bits per heavy atom. The topological polar surface area (TPSA) is 40.5 Å². The highest BCUT2D eigenvalue weighted by molar-refractivity contribution is 5.76. The standard InChI is InChI=1S/C11H21NO2/c1-10(13)7-9-12-8-5-3-2-4-6-11(12)14/h10,13H,2-9H2,1H3. The van der Waals surface area contributed by atoms with Crippen LogP contribution in [-0.2, 0) is 4.79 Å². The molecule has 1 rings (SSSR count). The van der Waals surface area contributed by atoms with Crippen LogP contribution in [0.2, 0.25) is 0 Å². The smallest absolute Gasteiger partial charge is 0.222 e. The molecule has 1 aliphatic heterocycles. The van der Waals surface area contributed by atoms with Crippen molar-refractivity contribution in [2.75, 3.05) is 13.1 Å². The first kappa shape index (κ1) is 11.5. The van der Waals surface area contributed by atoms with Crippen molar-refractivity contribution in [1.82, 2.24) is 4.90 Å². The lowest BCUT2D eigenvalue weighted by molar-refractivity contribution is -0.132. The number of carbonyl (C=O) groups excluding carboxylic acids is 1. The molecule has 0 spiro atoms. The van der Waals surface area contributed by atoms with Crippen molar-refractivity contribution in [3.63, 3.8) is 0 Å². The number of hydrogen-bond acceptors (Lipinski definition) is 2. The number of amides is 1. The van der Waals surface area contributed by atoms with Gasteiger partial charge in [-0.25, -0.2) is 0 Å². The van der Waals surface area contributed by atoms with Gasteiger partial charge in [-0.05, 0) is 26.2 Å². The summed E-state index contributed by atoms with van der Waals surface area (Å²) in [5, 5.41) is 9.16. The Labute approximate surface area is 86.1 Å². The second-order valence-corrected chi connectivity index (χ2v) is 4.18. The second kappa shape index (κ2) is 6.02. The zero-order valence-electron chi connectivity index (χ0n) is 9.04. The van der Waals surface area contributed by atoms with Gasteiger partial charge in [0.2, 0.25) is 5.91 Å². The molecule has 0 aliphatic carbocycles. The van der Waals surface area contributed by atoms with Gasteiger partial charge >= 0.3 is 0 Å². The van der Waals surface area contributed by atoms with Gasteiger partial charge in [0.1, 0.15) is 0 Å². The minimum absolute atomic E-state index is 0.269. The maximum Gasteiger partial charge on any atom is 0.222 e. The van der Waals surface area contributed by atoms with Crippen molar-refractivity contribution >= 4 is 5.91 Å². The van der Waals surface area contributed by atoms with E-state index in [0.29, 0.717) is 12.8 Å². The summed E-state index contributed by atoms with van der Waals surface area (Å²) >= 11 is 0. The molecule has 0 bridgehead atoms. The Morgan fingerprint density at radius 3 is 2.79 bits per heavy atom. The zero-order valence-corrected chi connectivity index (χ0v) is 9.04. The van der Waals surface area contributed by atoms with Gasteiger partial charge in [0.25, 0.3) is 0 Å². The molecule has 3 heteroatoms. The van der Waals surface area contributed by atoms with E-state index in [-0.39, 0.29) is 12.0 Å². The van der Waals surface area contributed by atoms with Gasteiger partial charge in [-0.3, -0.25) is 4.79 Å². The molecule has 1 saturated heterocycles. The Morgan fingerprint density at radius 2 is 2.07 bits per heavy atom. The highest BCUT2D eigenvalue weighted by atomic mass is 16.3. The molecular weight excluding hydrogens is 178 g/mol. The van der Waals surface area contributed by atoms with Crippen molar-refractivity contribution in [3.8, 4) is 0 Å². The molecular formula is C11H21NO2. The summed E-state index contributed by atoms with van der Waals surface area (Å²) in [6, 6.07) is 0. The van der Waals surface area contributed by atoms with E-state index in [9.17, 15) is 4.79 Å². The number of aliphatic hydroxyl groups is 1. The highest BCUT2D eigenvalue weighted by Gasteiger charge is 2.15. The highest BCUT2D eigenvalue weighted by Crippen LogP contribution is 2.12. The molecule has 1 atom stereocenters. The summed E-state index contributed by atoms with van der Waals surface area (Å²) in [5.41, 5.74) is 0. The van der Waals surface area contributed by atoms with E-state index in [0.717, 1.165) is 25.9 Å². The maximum absolute atomic E-state index is 11.6. The van der Waals surface area contributed by atoms with Gasteiger partial charge < -0.3 is 10.0 Å². The van der Waals surface area contributed by atoms with Crippen LogP contribution in [0.4, 0.5) is 0 Å². The molecule has 0 aromatic rings. The fourth-order valence-electron chi connectivity index (χ4n) is 1.79. The zero-order chi connectivity index (χ0) is 10.4. The van der Waals surface area contributed by atoms with Gasteiger partial charge in [0, 0.05) is 19.5 Å². The summed E-state index contributed by atoms with van der Waals surface area (Å²) in [5.74, 6) is 0.269. The van der Waals surface area contributed by atoms with E-state index in [4.69, 9.17) is 5.11 Å². The molecule has 0 saturated carbocycles. The van der Waals surface area contributed by atoms with Crippen molar-refractivity contribution < 1.29 is 9.90 Å².